The van der Waals surface area contributed by atoms with Crippen LogP contribution in [0.2, 0.25) is 0 Å². The van der Waals surface area contributed by atoms with E-state index < -0.39 is 32.6 Å². The maximum absolute atomic E-state index is 13.2. The summed E-state index contributed by atoms with van der Waals surface area (Å²) in [5.41, 5.74) is -3.28. The molecule has 1 unspecified atom stereocenters. The average Bonchev–Trinajstić information content (AvgIpc) is 2.88. The molecule has 0 aliphatic heterocycles. The first kappa shape index (κ1) is 15.8. The fourth-order valence-corrected chi connectivity index (χ4v) is 3.71. The topological polar surface area (TPSA) is 60.4 Å². The molecule has 0 saturated heterocycles. The van der Waals surface area contributed by atoms with Crippen LogP contribution < -0.4 is 0 Å². The molecule has 1 aromatic carbocycles. The van der Waals surface area contributed by atoms with E-state index in [1.54, 1.807) is 0 Å². The smallest absolute Gasteiger partial charge is 0.348 e. The number of hydrogen-bond acceptors (Lipinski definition) is 5. The first-order valence-corrected chi connectivity index (χ1v) is 7.91. The van der Waals surface area contributed by atoms with Crippen LogP contribution in [0.5, 0.6) is 0 Å². The van der Waals surface area contributed by atoms with Crippen molar-refractivity contribution in [3.8, 4) is 0 Å². The van der Waals surface area contributed by atoms with Gasteiger partial charge < -0.3 is 4.74 Å². The minimum absolute atomic E-state index is 0.229. The number of methoxy groups -OCH3 is 1. The van der Waals surface area contributed by atoms with Crippen molar-refractivity contribution in [1.29, 1.82) is 0 Å². The second-order valence-corrected chi connectivity index (χ2v) is 7.13. The molecule has 0 aliphatic carbocycles. The average molecular weight is 338 g/mol. The summed E-state index contributed by atoms with van der Waals surface area (Å²) in [6, 6.07) is 4.78. The van der Waals surface area contributed by atoms with E-state index in [-0.39, 0.29) is 4.88 Å². The van der Waals surface area contributed by atoms with E-state index in [2.05, 4.69) is 4.74 Å². The van der Waals surface area contributed by atoms with Gasteiger partial charge in [0.1, 0.15) is 4.88 Å². The van der Waals surface area contributed by atoms with Crippen molar-refractivity contribution in [3.63, 3.8) is 0 Å². The molecule has 4 nitrogen and oxygen atoms in total. The Morgan fingerprint density at radius 1 is 1.24 bits per heavy atom. The highest BCUT2D eigenvalue weighted by molar-refractivity contribution is 7.92. The third kappa shape index (κ3) is 2.88. The van der Waals surface area contributed by atoms with Gasteiger partial charge in [0, 0.05) is 4.70 Å². The standard InChI is InChI=1S/C12H9F3O4S2/c1-19-12(16)9-5-6-4-7(2-3-8(6)20-9)21(17,18)11(15)10(13)14/h2-5,10-11H,1H3. The largest absolute Gasteiger partial charge is 0.465 e. The van der Waals surface area contributed by atoms with Gasteiger partial charge in [-0.25, -0.2) is 26.4 Å². The second-order valence-electron chi connectivity index (χ2n) is 4.03. The zero-order valence-electron chi connectivity index (χ0n) is 10.5. The van der Waals surface area contributed by atoms with Crippen LogP contribution in [-0.2, 0) is 14.6 Å². The molecule has 21 heavy (non-hydrogen) atoms. The number of rotatable bonds is 4. The molecule has 9 heteroatoms. The lowest BCUT2D eigenvalue weighted by Crippen LogP contribution is -2.24. The number of hydrogen-bond donors (Lipinski definition) is 0. The molecule has 1 atom stereocenters. The van der Waals surface area contributed by atoms with Gasteiger partial charge in [-0.2, -0.15) is 0 Å². The Labute approximate surface area is 122 Å². The van der Waals surface area contributed by atoms with Crippen molar-refractivity contribution in [1.82, 2.24) is 0 Å². The van der Waals surface area contributed by atoms with Gasteiger partial charge in [0.15, 0.2) is 0 Å². The van der Waals surface area contributed by atoms with Crippen molar-refractivity contribution in [2.75, 3.05) is 7.11 Å². The van der Waals surface area contributed by atoms with Crippen molar-refractivity contribution in [2.45, 2.75) is 16.8 Å². The molecule has 2 rings (SSSR count). The van der Waals surface area contributed by atoms with Crippen LogP contribution in [0, 0.1) is 0 Å². The number of carbonyl (C=O) groups is 1. The molecule has 2 aromatic rings. The van der Waals surface area contributed by atoms with E-state index in [4.69, 9.17) is 0 Å². The highest BCUT2D eigenvalue weighted by Crippen LogP contribution is 2.30. The molecular formula is C12H9F3O4S2. The molecule has 0 radical (unpaired) electrons. The Morgan fingerprint density at radius 2 is 1.90 bits per heavy atom. The van der Waals surface area contributed by atoms with E-state index in [0.717, 1.165) is 23.5 Å². The number of ether oxygens (including phenoxy) is 1. The molecule has 1 aromatic heterocycles. The van der Waals surface area contributed by atoms with Crippen LogP contribution >= 0.6 is 11.3 Å². The van der Waals surface area contributed by atoms with Crippen molar-refractivity contribution in [3.05, 3.63) is 29.1 Å². The first-order valence-electron chi connectivity index (χ1n) is 5.55. The third-order valence-corrected chi connectivity index (χ3v) is 5.50. The summed E-state index contributed by atoms with van der Waals surface area (Å²) >= 11 is 1.05. The number of benzene rings is 1. The van der Waals surface area contributed by atoms with Crippen LogP contribution in [0.4, 0.5) is 13.2 Å². The van der Waals surface area contributed by atoms with Crippen LogP contribution in [0.25, 0.3) is 10.1 Å². The van der Waals surface area contributed by atoms with Gasteiger partial charge in [-0.1, -0.05) is 0 Å². The number of esters is 1. The van der Waals surface area contributed by atoms with Crippen molar-refractivity contribution < 1.29 is 31.1 Å². The van der Waals surface area contributed by atoms with E-state index in [1.165, 1.54) is 19.2 Å². The quantitative estimate of drug-likeness (QED) is 0.804. The number of alkyl halides is 3. The fraction of sp³-hybridized carbons (Fsp3) is 0.250. The maximum Gasteiger partial charge on any atom is 0.348 e. The van der Waals surface area contributed by atoms with Gasteiger partial charge in [0.05, 0.1) is 12.0 Å². The van der Waals surface area contributed by atoms with Crippen LogP contribution in [0.15, 0.2) is 29.2 Å². The Hall–Kier alpha value is -1.61. The van der Waals surface area contributed by atoms with E-state index in [9.17, 15) is 26.4 Å². The highest BCUT2D eigenvalue weighted by Gasteiger charge is 2.35. The minimum atomic E-state index is -4.77. The molecule has 0 saturated carbocycles. The van der Waals surface area contributed by atoms with Crippen molar-refractivity contribution >= 4 is 37.2 Å². The Balaban J connectivity index is 2.50. The van der Waals surface area contributed by atoms with E-state index in [0.29, 0.717) is 10.1 Å². The summed E-state index contributed by atoms with van der Waals surface area (Å²) in [5, 5.41) is 0.336. The molecule has 0 fully saturated rings. The Morgan fingerprint density at radius 3 is 2.48 bits per heavy atom. The highest BCUT2D eigenvalue weighted by atomic mass is 32.2. The summed E-state index contributed by atoms with van der Waals surface area (Å²) in [4.78, 5) is 11.0. The Bertz CT molecular complexity index is 783. The zero-order valence-corrected chi connectivity index (χ0v) is 12.2. The lowest BCUT2D eigenvalue weighted by atomic mass is 10.2. The zero-order chi connectivity index (χ0) is 15.8. The molecule has 0 aliphatic rings. The summed E-state index contributed by atoms with van der Waals surface area (Å²) in [6.45, 7) is 0. The number of fused-ring (bicyclic) bond motifs is 1. The van der Waals surface area contributed by atoms with Crippen LogP contribution in [0.1, 0.15) is 9.67 Å². The molecule has 1 heterocycles. The summed E-state index contributed by atoms with van der Waals surface area (Å²) < 4.78 is 66.1. The Kier molecular flexibility index (Phi) is 4.24. The summed E-state index contributed by atoms with van der Waals surface area (Å²) in [6.07, 6.45) is -3.63. The number of halogens is 3. The SMILES string of the molecule is COC(=O)c1cc2cc(S(=O)(=O)C(F)C(F)F)ccc2s1. The van der Waals surface area contributed by atoms with E-state index in [1.807, 2.05) is 0 Å². The summed E-state index contributed by atoms with van der Waals surface area (Å²) in [5.74, 6) is -0.600. The molecule has 0 amide bonds. The van der Waals surface area contributed by atoms with Gasteiger partial charge in [-0.05, 0) is 29.7 Å². The first-order chi connectivity index (χ1) is 9.77. The molecule has 114 valence electrons. The van der Waals surface area contributed by atoms with Crippen LogP contribution in [0.3, 0.4) is 0 Å². The van der Waals surface area contributed by atoms with Gasteiger partial charge >= 0.3 is 5.97 Å². The summed E-state index contributed by atoms with van der Waals surface area (Å²) in [7, 11) is -3.58. The predicted molar refractivity (Wildman–Crippen MR) is 71.3 cm³/mol. The van der Waals surface area contributed by atoms with Gasteiger partial charge in [0.25, 0.3) is 11.9 Å². The van der Waals surface area contributed by atoms with Gasteiger partial charge in [0.2, 0.25) is 9.84 Å². The maximum atomic E-state index is 13.2. The fourth-order valence-electron chi connectivity index (χ4n) is 1.67. The third-order valence-electron chi connectivity index (χ3n) is 2.70. The number of thiophene rings is 1. The molecule has 0 bridgehead atoms. The lowest BCUT2D eigenvalue weighted by Gasteiger charge is -2.08. The minimum Gasteiger partial charge on any atom is -0.465 e. The van der Waals surface area contributed by atoms with E-state index >= 15 is 0 Å². The van der Waals surface area contributed by atoms with Gasteiger partial charge in [-0.15, -0.1) is 11.3 Å². The monoisotopic (exact) mass is 338 g/mol. The lowest BCUT2D eigenvalue weighted by molar-refractivity contribution is 0.0606. The van der Waals surface area contributed by atoms with Gasteiger partial charge in [-0.3, -0.25) is 0 Å². The van der Waals surface area contributed by atoms with Crippen LogP contribution in [-0.4, -0.2) is 33.4 Å². The molecular weight excluding hydrogens is 329 g/mol. The number of carbonyl (C=O) groups excluding carboxylic acids is 1. The van der Waals surface area contributed by atoms with Crippen molar-refractivity contribution in [2.24, 2.45) is 0 Å². The number of sulfone groups is 1. The normalized spacial score (nSPS) is 13.6. The second kappa shape index (κ2) is 5.64. The predicted octanol–water partition coefficient (Wildman–Crippen LogP) is 3.02. The molecule has 0 N–H and O–H groups in total. The molecule has 0 spiro atoms.